The van der Waals surface area contributed by atoms with E-state index in [2.05, 4.69) is 46.3 Å². The number of aromatic amines is 2. The molecule has 12 heteroatoms. The normalized spacial score (nSPS) is 15.6. The van der Waals surface area contributed by atoms with Gasteiger partial charge in [-0.3, -0.25) is 9.13 Å². The first-order valence-corrected chi connectivity index (χ1v) is 12.4. The van der Waals surface area contributed by atoms with E-state index >= 15 is 0 Å². The smallest absolute Gasteiger partial charge is 0.306 e. The van der Waals surface area contributed by atoms with Gasteiger partial charge in [0, 0.05) is 30.7 Å². The number of benzene rings is 2. The third-order valence-corrected chi connectivity index (χ3v) is 8.09. The summed E-state index contributed by atoms with van der Waals surface area (Å²) in [5.74, 6) is 0. The lowest BCUT2D eigenvalue weighted by Crippen LogP contribution is -2.48. The number of likely N-dealkylation sites (tertiary alicyclic amines) is 1. The highest BCUT2D eigenvalue weighted by atomic mass is 35.5. The van der Waals surface area contributed by atoms with Gasteiger partial charge in [0.25, 0.3) is 0 Å². The molecule has 7 nitrogen and oxygen atoms in total. The zero-order valence-electron chi connectivity index (χ0n) is 20.3. The number of piperidine rings is 1. The first-order chi connectivity index (χ1) is 16.3. The van der Waals surface area contributed by atoms with Crippen LogP contribution in [-0.2, 0) is 6.54 Å². The summed E-state index contributed by atoms with van der Waals surface area (Å²) in [5.41, 5.74) is 8.49. The van der Waals surface area contributed by atoms with Gasteiger partial charge in [0.05, 0.1) is 22.1 Å². The van der Waals surface area contributed by atoms with Crippen molar-refractivity contribution in [1.82, 2.24) is 24.0 Å². The predicted molar refractivity (Wildman–Crippen MR) is 152 cm³/mol. The Morgan fingerprint density at radius 3 is 2.35 bits per heavy atom. The molecule has 2 aromatic heterocycles. The quantitative estimate of drug-likeness (QED) is 0.294. The molecule has 0 unspecified atom stereocenters. The Labute approximate surface area is 206 Å². The fourth-order valence-corrected chi connectivity index (χ4v) is 5.76. The van der Waals surface area contributed by atoms with Crippen molar-refractivity contribution in [2.45, 2.75) is 31.8 Å². The minimum absolute atomic E-state index is 0.0243. The second-order valence-corrected chi connectivity index (χ2v) is 10.1. The molecule has 1 saturated heterocycles. The Kier molecular flexibility index (Phi) is 6.10. The second kappa shape index (κ2) is 8.93. The highest BCUT2D eigenvalue weighted by molar-refractivity contribution is 6.66. The molecule has 0 aliphatic carbocycles. The van der Waals surface area contributed by atoms with Crippen molar-refractivity contribution in [1.29, 1.82) is 0 Å². The highest BCUT2D eigenvalue weighted by Crippen LogP contribution is 2.26. The Hall–Kier alpha value is -2.51. The van der Waals surface area contributed by atoms with Crippen LogP contribution in [0.15, 0.2) is 27.8 Å². The molecular weight excluding hydrogens is 445 g/mol. The van der Waals surface area contributed by atoms with E-state index < -0.39 is 0 Å². The predicted octanol–water partition coefficient (Wildman–Crippen LogP) is -3.61. The molecule has 2 N–H and O–H groups in total. The molecule has 1 aliphatic heterocycles. The van der Waals surface area contributed by atoms with Gasteiger partial charge < -0.3 is 14.9 Å². The van der Waals surface area contributed by atoms with Crippen LogP contribution in [0.1, 0.15) is 25.3 Å². The van der Waals surface area contributed by atoms with E-state index in [1.807, 2.05) is 27.3 Å². The van der Waals surface area contributed by atoms with Gasteiger partial charge in [-0.2, -0.15) is 0 Å². The first-order valence-electron chi connectivity index (χ1n) is 12.1. The van der Waals surface area contributed by atoms with Gasteiger partial charge in [-0.15, -0.1) is 0 Å². The van der Waals surface area contributed by atoms with Crippen LogP contribution in [0, 0.1) is 0 Å². The maximum Gasteiger partial charge on any atom is 0.326 e. The van der Waals surface area contributed by atoms with Crippen molar-refractivity contribution < 1.29 is 0 Å². The number of aromatic nitrogens is 4. The zero-order chi connectivity index (χ0) is 24.1. The van der Waals surface area contributed by atoms with E-state index in [4.69, 9.17) is 11.6 Å². The molecule has 1 aliphatic rings. The number of hydrogen-bond acceptors (Lipinski definition) is 3. The number of H-pyrrole nitrogens is 2. The maximum absolute atomic E-state index is 12.7. The summed E-state index contributed by atoms with van der Waals surface area (Å²) in [6, 6.07) is 5.75. The monoisotopic (exact) mass is 473 g/mol. The average molecular weight is 473 g/mol. The van der Waals surface area contributed by atoms with Crippen molar-refractivity contribution in [3.05, 3.63) is 44.2 Å². The summed E-state index contributed by atoms with van der Waals surface area (Å²) >= 11 is 6.08. The minimum Gasteiger partial charge on any atom is -0.306 e. The molecule has 2 aromatic carbocycles. The van der Waals surface area contributed by atoms with E-state index in [-0.39, 0.29) is 17.4 Å². The number of rotatable bonds is 5. The average Bonchev–Trinajstić information content (AvgIpc) is 3.32. The SMILES string of the molecule is Bc1c(B)c(B)c2c([nH]c(=O)n2CCCN2CCC(n3c(=O)[nH]c4cc(Cl)ccc43)CC2)c1B. The zero-order valence-corrected chi connectivity index (χ0v) is 21.1. The van der Waals surface area contributed by atoms with E-state index in [0.717, 1.165) is 66.4 Å². The maximum atomic E-state index is 12.7. The van der Waals surface area contributed by atoms with Crippen LogP contribution in [0.3, 0.4) is 0 Å². The van der Waals surface area contributed by atoms with Crippen molar-refractivity contribution in [2.24, 2.45) is 0 Å². The van der Waals surface area contributed by atoms with Crippen LogP contribution < -0.4 is 33.2 Å². The van der Waals surface area contributed by atoms with Crippen LogP contribution in [0.5, 0.6) is 0 Å². The number of fused-ring (bicyclic) bond motifs is 2. The van der Waals surface area contributed by atoms with E-state index in [1.54, 1.807) is 0 Å². The van der Waals surface area contributed by atoms with Gasteiger partial charge >= 0.3 is 11.4 Å². The summed E-state index contributed by atoms with van der Waals surface area (Å²) in [4.78, 5) is 33.8. The Morgan fingerprint density at radius 2 is 1.62 bits per heavy atom. The summed E-state index contributed by atoms with van der Waals surface area (Å²) < 4.78 is 3.80. The minimum atomic E-state index is -0.0642. The summed E-state index contributed by atoms with van der Waals surface area (Å²) in [6.45, 7) is 3.52. The molecule has 5 rings (SSSR count). The van der Waals surface area contributed by atoms with Crippen molar-refractivity contribution in [3.63, 3.8) is 0 Å². The van der Waals surface area contributed by atoms with Crippen LogP contribution >= 0.6 is 11.6 Å². The standard InChI is InChI=1S/C22H28B4ClN5O2/c23-15-16(24)18(26)20-19(17(15)25)29-21(33)31(20)7-1-6-30-8-4-12(5-9-30)32-14-3-2-11(27)10-13(14)28-22(32)34/h2-3,10,12H,1,4-9,23-26H2,(H,28,34)(H,29,33). The van der Waals surface area contributed by atoms with Crippen LogP contribution in [-0.4, -0.2) is 75.0 Å². The Bertz CT molecular complexity index is 1510. The van der Waals surface area contributed by atoms with Gasteiger partial charge in [0.2, 0.25) is 0 Å². The molecule has 4 aromatic rings. The number of nitrogens with one attached hydrogen (secondary N) is 2. The summed E-state index contributed by atoms with van der Waals surface area (Å²) in [7, 11) is 8.45. The molecular formula is C22H28B4ClN5O2. The van der Waals surface area contributed by atoms with Crippen LogP contribution in [0.4, 0.5) is 0 Å². The number of aryl methyl sites for hydroxylation is 1. The van der Waals surface area contributed by atoms with Crippen molar-refractivity contribution in [2.75, 3.05) is 19.6 Å². The Balaban J connectivity index is 1.25. The van der Waals surface area contributed by atoms with Gasteiger partial charge in [0.1, 0.15) is 31.4 Å². The molecule has 0 atom stereocenters. The van der Waals surface area contributed by atoms with E-state index in [9.17, 15) is 9.59 Å². The van der Waals surface area contributed by atoms with Gasteiger partial charge in [0.15, 0.2) is 0 Å². The highest BCUT2D eigenvalue weighted by Gasteiger charge is 2.24. The molecule has 0 bridgehead atoms. The molecule has 0 radical (unpaired) electrons. The molecule has 34 heavy (non-hydrogen) atoms. The lowest BCUT2D eigenvalue weighted by Gasteiger charge is -2.32. The number of halogens is 1. The third kappa shape index (κ3) is 3.89. The fourth-order valence-electron chi connectivity index (χ4n) is 5.59. The fraction of sp³-hybridized carbons (Fsp3) is 0.364. The first kappa shape index (κ1) is 23.2. The van der Waals surface area contributed by atoms with Gasteiger partial charge in [-0.05, 0) is 44.0 Å². The third-order valence-electron chi connectivity index (χ3n) is 7.86. The van der Waals surface area contributed by atoms with E-state index in [0.29, 0.717) is 11.6 Å². The molecule has 172 valence electrons. The topological polar surface area (TPSA) is 78.8 Å². The number of hydrogen-bond donors (Lipinski definition) is 2. The van der Waals surface area contributed by atoms with Gasteiger partial charge in [-0.1, -0.05) is 33.5 Å². The lowest BCUT2D eigenvalue weighted by molar-refractivity contribution is 0.183. The summed E-state index contributed by atoms with van der Waals surface area (Å²) in [5, 5.41) is 0.626. The van der Waals surface area contributed by atoms with Crippen LogP contribution in [0.25, 0.3) is 22.1 Å². The Morgan fingerprint density at radius 1 is 0.912 bits per heavy atom. The largest absolute Gasteiger partial charge is 0.326 e. The molecule has 0 spiro atoms. The van der Waals surface area contributed by atoms with Crippen molar-refractivity contribution in [3.8, 4) is 0 Å². The molecule has 3 heterocycles. The van der Waals surface area contributed by atoms with Gasteiger partial charge in [-0.25, -0.2) is 9.59 Å². The van der Waals surface area contributed by atoms with Crippen molar-refractivity contribution >= 4 is 86.9 Å². The van der Waals surface area contributed by atoms with E-state index in [1.165, 1.54) is 16.4 Å². The number of imidazole rings is 2. The second-order valence-electron chi connectivity index (χ2n) is 9.69. The molecule has 0 saturated carbocycles. The molecule has 1 fully saturated rings. The van der Waals surface area contributed by atoms with Crippen LogP contribution in [0.2, 0.25) is 5.02 Å². The number of nitrogens with zero attached hydrogens (tertiary/aromatic N) is 3. The summed E-state index contributed by atoms with van der Waals surface area (Å²) in [6.07, 6.45) is 2.77. The molecule has 0 amide bonds. The lowest BCUT2D eigenvalue weighted by atomic mass is 9.66.